The fourth-order valence-electron chi connectivity index (χ4n) is 1.34. The summed E-state index contributed by atoms with van der Waals surface area (Å²) in [5.41, 5.74) is 2.15. The minimum atomic E-state index is 0.978. The second-order valence-electron chi connectivity index (χ2n) is 3.29. The average molecular weight is 243 g/mol. The van der Waals surface area contributed by atoms with Gasteiger partial charge in [-0.25, -0.2) is 4.98 Å². The van der Waals surface area contributed by atoms with Crippen LogP contribution >= 0.6 is 11.8 Å². The Bertz CT molecular complexity index is 503. The van der Waals surface area contributed by atoms with E-state index in [1.807, 2.05) is 48.7 Å². The summed E-state index contributed by atoms with van der Waals surface area (Å²) in [6.45, 7) is 0. The first-order chi connectivity index (χ1) is 8.40. The summed E-state index contributed by atoms with van der Waals surface area (Å²) in [6, 6.07) is 13.7. The molecular weight excluding hydrogens is 230 g/mol. The first kappa shape index (κ1) is 11.7. The van der Waals surface area contributed by atoms with Crippen LogP contribution in [0.2, 0.25) is 0 Å². The van der Waals surface area contributed by atoms with E-state index >= 15 is 0 Å². The third kappa shape index (κ3) is 3.32. The van der Waals surface area contributed by atoms with Crippen molar-refractivity contribution in [2.24, 2.45) is 0 Å². The standard InChI is InChI=1S/C8H8N2S.C5H5N/c1-11-8-9-6-4-2-3-5-7(6)10-8;1-2-4-6-5-3-1/h2-5H,1H3,(H,9,10);1-5H. The number of rotatable bonds is 1. The van der Waals surface area contributed by atoms with Crippen molar-refractivity contribution < 1.29 is 0 Å². The number of aromatic nitrogens is 3. The average Bonchev–Trinajstić information content (AvgIpc) is 2.84. The maximum absolute atomic E-state index is 4.34. The Morgan fingerprint density at radius 2 is 1.76 bits per heavy atom. The maximum Gasteiger partial charge on any atom is 0.166 e. The summed E-state index contributed by atoms with van der Waals surface area (Å²) in [4.78, 5) is 11.3. The van der Waals surface area contributed by atoms with Crippen molar-refractivity contribution in [3.63, 3.8) is 0 Å². The summed E-state index contributed by atoms with van der Waals surface area (Å²) < 4.78 is 0. The third-order valence-corrected chi connectivity index (χ3v) is 2.71. The topological polar surface area (TPSA) is 41.6 Å². The molecule has 4 heteroatoms. The minimum Gasteiger partial charge on any atom is -0.333 e. The summed E-state index contributed by atoms with van der Waals surface area (Å²) in [5.74, 6) is 0. The molecule has 0 fully saturated rings. The number of hydrogen-bond acceptors (Lipinski definition) is 3. The Morgan fingerprint density at radius 1 is 1.00 bits per heavy atom. The number of pyridine rings is 1. The smallest absolute Gasteiger partial charge is 0.166 e. The number of nitrogens with one attached hydrogen (secondary N) is 1. The zero-order valence-corrected chi connectivity index (χ0v) is 10.3. The first-order valence-electron chi connectivity index (χ1n) is 5.24. The molecule has 0 spiro atoms. The molecule has 0 radical (unpaired) electrons. The maximum atomic E-state index is 4.34. The van der Waals surface area contributed by atoms with Gasteiger partial charge in [0, 0.05) is 12.4 Å². The molecule has 0 bridgehead atoms. The fraction of sp³-hybridized carbons (Fsp3) is 0.0769. The van der Waals surface area contributed by atoms with Crippen molar-refractivity contribution in [1.82, 2.24) is 15.0 Å². The Morgan fingerprint density at radius 3 is 2.29 bits per heavy atom. The second-order valence-corrected chi connectivity index (χ2v) is 4.08. The molecule has 0 saturated carbocycles. The van der Waals surface area contributed by atoms with Crippen LogP contribution in [-0.4, -0.2) is 21.2 Å². The highest BCUT2D eigenvalue weighted by Crippen LogP contribution is 2.15. The van der Waals surface area contributed by atoms with E-state index in [2.05, 4.69) is 15.0 Å². The molecule has 1 aromatic carbocycles. The molecule has 86 valence electrons. The van der Waals surface area contributed by atoms with Crippen molar-refractivity contribution in [2.45, 2.75) is 5.16 Å². The number of fused-ring (bicyclic) bond motifs is 1. The molecule has 3 aromatic rings. The Kier molecular flexibility index (Phi) is 4.16. The quantitative estimate of drug-likeness (QED) is 0.666. The van der Waals surface area contributed by atoms with Crippen LogP contribution in [0.5, 0.6) is 0 Å². The summed E-state index contributed by atoms with van der Waals surface area (Å²) in [5, 5.41) is 0.978. The van der Waals surface area contributed by atoms with Crippen molar-refractivity contribution in [3.8, 4) is 0 Å². The van der Waals surface area contributed by atoms with Gasteiger partial charge in [0.25, 0.3) is 0 Å². The van der Waals surface area contributed by atoms with Gasteiger partial charge in [-0.2, -0.15) is 0 Å². The number of nitrogens with zero attached hydrogens (tertiary/aromatic N) is 2. The van der Waals surface area contributed by atoms with Gasteiger partial charge in [0.2, 0.25) is 0 Å². The van der Waals surface area contributed by atoms with E-state index in [9.17, 15) is 0 Å². The van der Waals surface area contributed by atoms with Crippen LogP contribution in [0.25, 0.3) is 11.0 Å². The monoisotopic (exact) mass is 243 g/mol. The minimum absolute atomic E-state index is 0.978. The molecule has 2 heterocycles. The van der Waals surface area contributed by atoms with E-state index in [1.165, 1.54) is 0 Å². The zero-order valence-electron chi connectivity index (χ0n) is 9.50. The highest BCUT2D eigenvalue weighted by molar-refractivity contribution is 7.98. The molecule has 3 nitrogen and oxygen atoms in total. The SMILES string of the molecule is CSc1nc2ccccc2[nH]1.c1ccncc1. The normalized spacial score (nSPS) is 9.71. The number of thioether (sulfide) groups is 1. The van der Waals surface area contributed by atoms with Gasteiger partial charge < -0.3 is 4.98 Å². The van der Waals surface area contributed by atoms with Gasteiger partial charge in [0.1, 0.15) is 0 Å². The molecule has 0 atom stereocenters. The Labute approximate surface area is 104 Å². The molecule has 17 heavy (non-hydrogen) atoms. The van der Waals surface area contributed by atoms with Gasteiger partial charge in [-0.1, -0.05) is 30.0 Å². The van der Waals surface area contributed by atoms with Crippen molar-refractivity contribution >= 4 is 22.8 Å². The fourth-order valence-corrected chi connectivity index (χ4v) is 1.74. The molecule has 0 aliphatic carbocycles. The van der Waals surface area contributed by atoms with Crippen molar-refractivity contribution in [1.29, 1.82) is 0 Å². The summed E-state index contributed by atoms with van der Waals surface area (Å²) in [6.07, 6.45) is 5.51. The molecule has 0 unspecified atom stereocenters. The van der Waals surface area contributed by atoms with Crippen LogP contribution in [-0.2, 0) is 0 Å². The highest BCUT2D eigenvalue weighted by Gasteiger charge is 1.97. The second kappa shape index (κ2) is 6.06. The van der Waals surface area contributed by atoms with Crippen LogP contribution in [0.15, 0.2) is 60.0 Å². The largest absolute Gasteiger partial charge is 0.333 e. The van der Waals surface area contributed by atoms with Crippen molar-refractivity contribution in [2.75, 3.05) is 6.26 Å². The molecule has 0 aliphatic rings. The molecular formula is C13H13N3S. The predicted octanol–water partition coefficient (Wildman–Crippen LogP) is 3.37. The van der Waals surface area contributed by atoms with Gasteiger partial charge >= 0.3 is 0 Å². The number of para-hydroxylation sites is 2. The molecule has 2 aromatic heterocycles. The number of aromatic amines is 1. The zero-order chi connectivity index (χ0) is 11.9. The summed E-state index contributed by atoms with van der Waals surface area (Å²) in [7, 11) is 0. The van der Waals surface area contributed by atoms with Crippen LogP contribution < -0.4 is 0 Å². The van der Waals surface area contributed by atoms with Gasteiger partial charge in [0.15, 0.2) is 5.16 Å². The number of H-pyrrole nitrogens is 1. The van der Waals surface area contributed by atoms with Crippen LogP contribution in [0, 0.1) is 0 Å². The predicted molar refractivity (Wildman–Crippen MR) is 72.1 cm³/mol. The Hall–Kier alpha value is -1.81. The third-order valence-electron chi connectivity index (χ3n) is 2.13. The van der Waals surface area contributed by atoms with E-state index in [4.69, 9.17) is 0 Å². The van der Waals surface area contributed by atoms with Crippen LogP contribution in [0.4, 0.5) is 0 Å². The molecule has 0 aliphatic heterocycles. The Balaban J connectivity index is 0.000000153. The van der Waals surface area contributed by atoms with Crippen LogP contribution in [0.3, 0.4) is 0 Å². The van der Waals surface area contributed by atoms with Gasteiger partial charge in [0.05, 0.1) is 11.0 Å². The van der Waals surface area contributed by atoms with Gasteiger partial charge in [-0.3, -0.25) is 4.98 Å². The lowest BCUT2D eigenvalue weighted by molar-refractivity contribution is 1.09. The van der Waals surface area contributed by atoms with Gasteiger partial charge in [-0.05, 0) is 30.5 Å². The number of benzene rings is 1. The van der Waals surface area contributed by atoms with E-state index < -0.39 is 0 Å². The lowest BCUT2D eigenvalue weighted by atomic mass is 10.3. The van der Waals surface area contributed by atoms with E-state index in [0.717, 1.165) is 16.2 Å². The number of imidazole rings is 1. The summed E-state index contributed by atoms with van der Waals surface area (Å²) >= 11 is 1.63. The number of hydrogen-bond donors (Lipinski definition) is 1. The van der Waals surface area contributed by atoms with Crippen LogP contribution in [0.1, 0.15) is 0 Å². The molecule has 3 rings (SSSR count). The van der Waals surface area contributed by atoms with Gasteiger partial charge in [-0.15, -0.1) is 0 Å². The van der Waals surface area contributed by atoms with E-state index in [-0.39, 0.29) is 0 Å². The highest BCUT2D eigenvalue weighted by atomic mass is 32.2. The molecule has 1 N–H and O–H groups in total. The first-order valence-corrected chi connectivity index (χ1v) is 6.46. The molecule has 0 amide bonds. The lowest BCUT2D eigenvalue weighted by Crippen LogP contribution is -1.67. The molecule has 0 saturated heterocycles. The van der Waals surface area contributed by atoms with E-state index in [1.54, 1.807) is 24.2 Å². The van der Waals surface area contributed by atoms with E-state index in [0.29, 0.717) is 0 Å². The van der Waals surface area contributed by atoms with Crippen molar-refractivity contribution in [3.05, 3.63) is 54.9 Å². The lowest BCUT2D eigenvalue weighted by Gasteiger charge is -1.81.